The summed E-state index contributed by atoms with van der Waals surface area (Å²) in [6.07, 6.45) is 9.42. The Morgan fingerprint density at radius 1 is 0.663 bits per heavy atom. The number of anilines is 3. The monoisotopic (exact) mass is 1350 g/mol. The number of hydrogen-bond donors (Lipinski definition) is 4. The van der Waals surface area contributed by atoms with E-state index in [0.717, 1.165) is 43.5 Å². The van der Waals surface area contributed by atoms with Crippen molar-refractivity contribution in [2.24, 2.45) is 23.5 Å². The van der Waals surface area contributed by atoms with Crippen LogP contribution in [0.4, 0.5) is 26.5 Å². The minimum absolute atomic E-state index is 0.0270. The molecule has 28 nitrogen and oxygen atoms in total. The molecule has 0 saturated carbocycles. The Morgan fingerprint density at radius 3 is 1.89 bits per heavy atom. The van der Waals surface area contributed by atoms with Crippen molar-refractivity contribution in [1.82, 2.24) is 69.6 Å². The van der Waals surface area contributed by atoms with Gasteiger partial charge in [0.05, 0.1) is 48.8 Å². The zero-order chi connectivity index (χ0) is 68.9. The normalized spacial score (nSPS) is 18.6. The van der Waals surface area contributed by atoms with Crippen molar-refractivity contribution in [1.29, 1.82) is 0 Å². The number of fused-ring (bicyclic) bond motifs is 2. The van der Waals surface area contributed by atoms with Crippen molar-refractivity contribution in [3.05, 3.63) is 89.8 Å². The van der Waals surface area contributed by atoms with Crippen LogP contribution in [0.5, 0.6) is 0 Å². The summed E-state index contributed by atoms with van der Waals surface area (Å²) in [6.45, 7) is 7.47. The lowest BCUT2D eigenvalue weighted by Crippen LogP contribution is -2.50. The molecule has 5 N–H and O–H groups in total. The Kier molecular flexibility index (Phi) is 20.6. The fourth-order valence-electron chi connectivity index (χ4n) is 14.8. The molecule has 12 rings (SSSR count). The number of nitrogens with two attached hydrogens (primary N) is 1. The number of carbonyl (C=O) groups is 10. The van der Waals surface area contributed by atoms with Gasteiger partial charge >= 0.3 is 12.0 Å². The second-order valence-corrected chi connectivity index (χ2v) is 26.5. The van der Waals surface area contributed by atoms with Crippen LogP contribution in [0.25, 0.3) is 32.9 Å². The smallest absolute Gasteiger partial charge is 0.325 e. The molecular weight excluding hydrogens is 1260 g/mol. The minimum atomic E-state index is -0.696. The van der Waals surface area contributed by atoms with Gasteiger partial charge in [0.15, 0.2) is 11.5 Å². The molecule has 9 heterocycles. The van der Waals surface area contributed by atoms with Gasteiger partial charge in [-0.25, -0.2) is 23.8 Å². The Morgan fingerprint density at radius 2 is 1.28 bits per heavy atom. The number of primary amides is 1. The second-order valence-electron chi connectivity index (χ2n) is 26.5. The van der Waals surface area contributed by atoms with E-state index >= 15 is 4.39 Å². The van der Waals surface area contributed by atoms with Crippen LogP contribution in [0, 0.1) is 30.5 Å². The predicted octanol–water partition coefficient (Wildman–Crippen LogP) is 4.42. The van der Waals surface area contributed by atoms with E-state index in [1.807, 2.05) is 38.8 Å². The second kappa shape index (κ2) is 29.7. The summed E-state index contributed by atoms with van der Waals surface area (Å²) in [5.74, 6) is -2.95. The van der Waals surface area contributed by atoms with E-state index < -0.39 is 35.4 Å². The highest BCUT2D eigenvalue weighted by Crippen LogP contribution is 2.37. The van der Waals surface area contributed by atoms with Crippen LogP contribution in [0.15, 0.2) is 67.0 Å². The third-order valence-corrected chi connectivity index (χ3v) is 20.4. The van der Waals surface area contributed by atoms with E-state index in [0.29, 0.717) is 149 Å². The summed E-state index contributed by atoms with van der Waals surface area (Å²) in [7, 11) is 3.01. The van der Waals surface area contributed by atoms with Gasteiger partial charge in [-0.3, -0.25) is 47.8 Å². The van der Waals surface area contributed by atoms with Gasteiger partial charge in [0, 0.05) is 138 Å². The van der Waals surface area contributed by atoms with Gasteiger partial charge in [-0.15, -0.1) is 0 Å². The zero-order valence-electron chi connectivity index (χ0n) is 55.6. The van der Waals surface area contributed by atoms with Crippen LogP contribution in [0.2, 0.25) is 0 Å². The van der Waals surface area contributed by atoms with Crippen molar-refractivity contribution in [3.63, 3.8) is 0 Å². The van der Waals surface area contributed by atoms with E-state index in [4.69, 9.17) is 10.7 Å². The summed E-state index contributed by atoms with van der Waals surface area (Å²) in [5, 5.41) is 17.9. The molecule has 6 aromatic rings. The zero-order valence-corrected chi connectivity index (χ0v) is 55.6. The van der Waals surface area contributed by atoms with E-state index in [2.05, 4.69) is 52.9 Å². The first kappa shape index (κ1) is 67.9. The third-order valence-electron chi connectivity index (χ3n) is 20.4. The van der Waals surface area contributed by atoms with Crippen LogP contribution in [-0.2, 0) is 44.8 Å². The molecule has 98 heavy (non-hydrogen) atoms. The van der Waals surface area contributed by atoms with Crippen molar-refractivity contribution < 1.29 is 57.1 Å². The Hall–Kier alpha value is -10.1. The predicted molar refractivity (Wildman–Crippen MR) is 358 cm³/mol. The van der Waals surface area contributed by atoms with Crippen molar-refractivity contribution in [2.45, 2.75) is 102 Å². The summed E-state index contributed by atoms with van der Waals surface area (Å²) >= 11 is 0. The van der Waals surface area contributed by atoms with Gasteiger partial charge in [-0.2, -0.15) is 10.2 Å². The molecular formula is C69H84FN17O11. The number of urea groups is 1. The SMILES string of the molecule is COC(=O)CNC(=O)CNC(=O)Cn1nc(C)c2c(-c3cc4c(cnn4C(=O)CCC(=O)N4CCC(C(=O)N5CCC(C(=O)N6CCC(C(=O)N7CCC(c8ccc(Nc9nc(N%10CCC[C@@H](N%11CCN(C)C%11=O)C%10)cnc9C(N)=O)cc8)CC7)CC6)CC5)CC4)cc3F)cccc21. The number of nitrogens with zero attached hydrogens (tertiary/aromatic N) is 13. The lowest BCUT2D eigenvalue weighted by Gasteiger charge is -2.40. The largest absolute Gasteiger partial charge is 0.468 e. The van der Waals surface area contributed by atoms with Crippen molar-refractivity contribution >= 4 is 98.4 Å². The Bertz CT molecular complexity index is 4050. The maximum atomic E-state index is 16.0. The third kappa shape index (κ3) is 14.9. The number of aromatic nitrogens is 6. The minimum Gasteiger partial charge on any atom is -0.468 e. The number of carbonyl (C=O) groups excluding carboxylic acids is 10. The number of benzene rings is 3. The van der Waals surface area contributed by atoms with E-state index in [-0.39, 0.29) is 109 Å². The first-order chi connectivity index (χ1) is 47.3. The van der Waals surface area contributed by atoms with E-state index in [1.54, 1.807) is 41.1 Å². The number of aryl methyl sites for hydroxylation is 1. The van der Waals surface area contributed by atoms with Crippen LogP contribution >= 0.6 is 0 Å². The average molecular weight is 1350 g/mol. The molecule has 3 aromatic carbocycles. The molecule has 6 aliphatic rings. The van der Waals surface area contributed by atoms with Gasteiger partial charge in [-0.1, -0.05) is 24.3 Å². The lowest BCUT2D eigenvalue weighted by atomic mass is 9.87. The molecule has 0 spiro atoms. The van der Waals surface area contributed by atoms with Crippen LogP contribution < -0.4 is 26.6 Å². The molecule has 29 heteroatoms. The van der Waals surface area contributed by atoms with Gasteiger partial charge < -0.3 is 60.7 Å². The van der Waals surface area contributed by atoms with E-state index in [1.165, 1.54) is 34.8 Å². The van der Waals surface area contributed by atoms with Gasteiger partial charge in [0.1, 0.15) is 24.7 Å². The molecule has 0 radical (unpaired) electrons. The molecule has 6 saturated heterocycles. The van der Waals surface area contributed by atoms with E-state index in [9.17, 15) is 47.9 Å². The molecule has 0 unspecified atom stereocenters. The first-order valence-corrected chi connectivity index (χ1v) is 34.0. The highest BCUT2D eigenvalue weighted by atomic mass is 19.1. The topological polar surface area (TPSA) is 326 Å². The molecule has 1 atom stereocenters. The van der Waals surface area contributed by atoms with Crippen LogP contribution in [0.3, 0.4) is 0 Å². The molecule has 6 aliphatic heterocycles. The summed E-state index contributed by atoms with van der Waals surface area (Å²) in [5.41, 5.74) is 9.64. The van der Waals surface area contributed by atoms with Gasteiger partial charge in [0.2, 0.25) is 41.4 Å². The number of likely N-dealkylation sites (tertiary alicyclic amines) is 4. The van der Waals surface area contributed by atoms with Crippen LogP contribution in [0.1, 0.15) is 110 Å². The number of ether oxygens (including phenoxy) is 1. The number of likely N-dealkylation sites (N-methyl/N-ethyl adjacent to an activating group) is 1. The summed E-state index contributed by atoms with van der Waals surface area (Å²) in [6, 6.07) is 16.1. The molecule has 6 fully saturated rings. The highest BCUT2D eigenvalue weighted by Gasteiger charge is 2.39. The number of methoxy groups -OCH3 is 1. The highest BCUT2D eigenvalue weighted by molar-refractivity contribution is 6.01. The Balaban J connectivity index is 0.551. The number of nitrogens with one attached hydrogen (secondary N) is 3. The van der Waals surface area contributed by atoms with Gasteiger partial charge in [-0.05, 0) is 119 Å². The number of amides is 9. The van der Waals surface area contributed by atoms with Crippen LogP contribution in [-0.4, -0.2) is 230 Å². The fourth-order valence-corrected chi connectivity index (χ4v) is 14.8. The number of esters is 1. The maximum Gasteiger partial charge on any atom is 0.325 e. The molecule has 0 bridgehead atoms. The Labute approximate surface area is 565 Å². The van der Waals surface area contributed by atoms with Crippen molar-refractivity contribution in [2.75, 3.05) is 116 Å². The standard InChI is InChI=1S/C69H84FN17O11/c1-42-62-51(7-4-8-54(62)86(78-42)41-58(89)72-38-57(88)73-39-61(92)98-3)52-35-55-48(34-53(52)70)36-75-87(55)60(91)14-13-59(90)80-24-17-45(18-25-80)66(94)82-28-21-47(22-29-82)68(96)83-30-19-46(20-31-83)67(95)81-26-15-44(16-27-81)43-9-11-49(12-10-43)76-65-63(64(71)93)74-37-56(77-65)84-23-5-6-50(40-84)85-33-32-79(2)69(85)97/h4,7-12,34-37,44-47,50H,5-6,13-33,38-41H2,1-3H3,(H2,71,93)(H,72,89)(H,73,88)(H,76,77)/t50-/m1/s1. The molecule has 0 aliphatic carbocycles. The molecule has 9 amide bonds. The number of piperidine rings is 5. The van der Waals surface area contributed by atoms with Crippen molar-refractivity contribution in [3.8, 4) is 11.1 Å². The fraction of sp³-hybridized carbons (Fsp3) is 0.507. The van der Waals surface area contributed by atoms with Gasteiger partial charge in [0.25, 0.3) is 5.91 Å². The number of hydrogen-bond acceptors (Lipinski definition) is 17. The summed E-state index contributed by atoms with van der Waals surface area (Å²) in [4.78, 5) is 153. The number of halogens is 1. The first-order valence-electron chi connectivity index (χ1n) is 34.0. The average Bonchev–Trinajstić information content (AvgIpc) is 1.58. The maximum absolute atomic E-state index is 16.0. The quantitative estimate of drug-likeness (QED) is 0.0816. The molecule has 3 aromatic heterocycles. The number of rotatable bonds is 19. The lowest BCUT2D eigenvalue weighted by molar-refractivity contribution is -0.146. The molecule has 518 valence electrons. The summed E-state index contributed by atoms with van der Waals surface area (Å²) < 4.78 is 23.1.